The highest BCUT2D eigenvalue weighted by Gasteiger charge is 2.41. The van der Waals surface area contributed by atoms with Gasteiger partial charge < -0.3 is 9.64 Å². The van der Waals surface area contributed by atoms with E-state index in [0.717, 1.165) is 11.3 Å². The van der Waals surface area contributed by atoms with Crippen LogP contribution in [0.1, 0.15) is 40.7 Å². The van der Waals surface area contributed by atoms with Gasteiger partial charge in [0.1, 0.15) is 11.9 Å². The number of alkyl halides is 2. The number of hydrogen-bond donors (Lipinski definition) is 0. The molecule has 4 heterocycles. The molecule has 194 valence electrons. The van der Waals surface area contributed by atoms with Gasteiger partial charge in [-0.1, -0.05) is 48.0 Å². The van der Waals surface area contributed by atoms with Gasteiger partial charge in [0.15, 0.2) is 10.8 Å². The number of amidine groups is 1. The van der Waals surface area contributed by atoms with E-state index in [9.17, 15) is 13.2 Å². The first-order valence-corrected chi connectivity index (χ1v) is 13.1. The van der Waals surface area contributed by atoms with Gasteiger partial charge in [0, 0.05) is 46.1 Å². The van der Waals surface area contributed by atoms with E-state index in [1.807, 2.05) is 40.6 Å². The summed E-state index contributed by atoms with van der Waals surface area (Å²) in [5.41, 5.74) is 3.64. The van der Waals surface area contributed by atoms with E-state index >= 15 is 0 Å². The van der Waals surface area contributed by atoms with Gasteiger partial charge in [-0.25, -0.2) is 14.1 Å². The van der Waals surface area contributed by atoms with Gasteiger partial charge in [-0.05, 0) is 23.3 Å². The van der Waals surface area contributed by atoms with Crippen molar-refractivity contribution in [1.29, 1.82) is 0 Å². The summed E-state index contributed by atoms with van der Waals surface area (Å²) in [5.74, 6) is 0.159. The summed E-state index contributed by atoms with van der Waals surface area (Å²) in [7, 11) is 0. The third kappa shape index (κ3) is 4.75. The summed E-state index contributed by atoms with van der Waals surface area (Å²) in [5, 5.41) is 6.63. The van der Waals surface area contributed by atoms with Crippen LogP contribution in [0.25, 0.3) is 5.57 Å². The topological polar surface area (TPSA) is 55.5 Å². The van der Waals surface area contributed by atoms with E-state index in [2.05, 4.69) is 10.1 Å². The van der Waals surface area contributed by atoms with E-state index in [4.69, 9.17) is 21.3 Å². The fourth-order valence-corrected chi connectivity index (χ4v) is 5.76. The average molecular weight is 556 g/mol. The molecule has 0 unspecified atom stereocenters. The molecule has 6 nitrogen and oxygen atoms in total. The van der Waals surface area contributed by atoms with Crippen LogP contribution in [0.15, 0.2) is 83.2 Å². The number of halogens is 4. The van der Waals surface area contributed by atoms with Crippen molar-refractivity contribution in [3.05, 3.63) is 111 Å². The molecule has 0 radical (unpaired) electrons. The molecule has 1 fully saturated rings. The third-order valence-electron chi connectivity index (χ3n) is 6.55. The lowest BCUT2D eigenvalue weighted by atomic mass is 9.91. The molecule has 0 saturated carbocycles. The highest BCUT2D eigenvalue weighted by molar-refractivity contribution is 7.11. The maximum Gasteiger partial charge on any atom is 0.333 e. The van der Waals surface area contributed by atoms with Crippen LogP contribution >= 0.6 is 22.9 Å². The molecule has 0 bridgehead atoms. The lowest BCUT2D eigenvalue weighted by Gasteiger charge is -2.32. The van der Waals surface area contributed by atoms with Gasteiger partial charge in [-0.3, -0.25) is 4.99 Å². The lowest BCUT2D eigenvalue weighted by Crippen LogP contribution is -2.34. The number of thiazole rings is 1. The van der Waals surface area contributed by atoms with Gasteiger partial charge in [0.05, 0.1) is 25.5 Å². The van der Waals surface area contributed by atoms with Crippen LogP contribution in [0.4, 0.5) is 13.2 Å². The van der Waals surface area contributed by atoms with E-state index in [1.165, 1.54) is 35.9 Å². The first-order chi connectivity index (χ1) is 18.5. The van der Waals surface area contributed by atoms with Gasteiger partial charge in [-0.2, -0.15) is 13.9 Å². The minimum absolute atomic E-state index is 0.182. The van der Waals surface area contributed by atoms with Crippen molar-refractivity contribution in [1.82, 2.24) is 19.7 Å². The highest BCUT2D eigenvalue weighted by Crippen LogP contribution is 2.47. The molecule has 2 aromatic heterocycles. The summed E-state index contributed by atoms with van der Waals surface area (Å²) in [6.45, 7) is -1.85. The van der Waals surface area contributed by atoms with Crippen LogP contribution in [-0.2, 0) is 11.3 Å². The van der Waals surface area contributed by atoms with Crippen LogP contribution in [-0.4, -0.2) is 38.1 Å². The Bertz CT molecular complexity index is 1510. The average Bonchev–Trinajstić information content (AvgIpc) is 3.68. The molecule has 0 spiro atoms. The Morgan fingerprint density at radius 1 is 1.16 bits per heavy atom. The lowest BCUT2D eigenvalue weighted by molar-refractivity contribution is 0.0507. The molecule has 2 aliphatic heterocycles. The Hall–Kier alpha value is -3.47. The molecular formula is C27H21ClF3N5OS. The zero-order valence-corrected chi connectivity index (χ0v) is 21.4. The second-order valence-corrected chi connectivity index (χ2v) is 10.2. The first kappa shape index (κ1) is 24.8. The summed E-state index contributed by atoms with van der Waals surface area (Å²) < 4.78 is 47.8. The number of aromatic nitrogens is 3. The molecule has 1 saturated heterocycles. The Morgan fingerprint density at radius 3 is 2.71 bits per heavy atom. The van der Waals surface area contributed by atoms with E-state index in [1.54, 1.807) is 12.3 Å². The number of hydrogen-bond acceptors (Lipinski definition) is 6. The summed E-state index contributed by atoms with van der Waals surface area (Å²) >= 11 is 7.95. The fourth-order valence-electron chi connectivity index (χ4n) is 4.85. The number of benzene rings is 2. The van der Waals surface area contributed by atoms with Crippen molar-refractivity contribution in [3.63, 3.8) is 0 Å². The van der Waals surface area contributed by atoms with E-state index < -0.39 is 18.4 Å². The maximum absolute atomic E-state index is 14.0. The smallest absolute Gasteiger partial charge is 0.333 e. The molecule has 2 aromatic carbocycles. The third-order valence-corrected chi connectivity index (χ3v) is 7.64. The standard InChI is InChI=1S/C27H21ClF3N5OS/c28-21-10-18(29)6-7-20(21)24-23(17-12-33-36(13-17)27(30)31)22-11-19(37-15-16-4-2-1-3-5-16)14-35(22)25(34-24)26-32-8-9-38-26/h1-10,12-13,19,24,27H,11,14-15H2/t19-,24-/m0/s1. The minimum Gasteiger partial charge on any atom is -0.371 e. The van der Waals surface area contributed by atoms with Crippen molar-refractivity contribution in [2.24, 2.45) is 4.99 Å². The van der Waals surface area contributed by atoms with E-state index in [0.29, 0.717) is 51.8 Å². The second kappa shape index (κ2) is 10.4. The predicted octanol–water partition coefficient (Wildman–Crippen LogP) is 6.73. The summed E-state index contributed by atoms with van der Waals surface area (Å²) in [4.78, 5) is 11.6. The van der Waals surface area contributed by atoms with Crippen LogP contribution in [0.3, 0.4) is 0 Å². The van der Waals surface area contributed by atoms with E-state index in [-0.39, 0.29) is 11.1 Å². The van der Waals surface area contributed by atoms with Crippen molar-refractivity contribution in [3.8, 4) is 0 Å². The number of ether oxygens (including phenoxy) is 1. The van der Waals surface area contributed by atoms with Crippen molar-refractivity contribution in [2.45, 2.75) is 31.7 Å². The molecule has 0 N–H and O–H groups in total. The van der Waals surface area contributed by atoms with Crippen LogP contribution in [0, 0.1) is 5.82 Å². The molecule has 2 atom stereocenters. The molecular weight excluding hydrogens is 535 g/mol. The van der Waals surface area contributed by atoms with Gasteiger partial charge in [0.2, 0.25) is 0 Å². The Labute approximate surface area is 225 Å². The maximum atomic E-state index is 14.0. The molecule has 0 amide bonds. The monoisotopic (exact) mass is 555 g/mol. The summed E-state index contributed by atoms with van der Waals surface area (Å²) in [6.07, 6.45) is 4.74. The highest BCUT2D eigenvalue weighted by atomic mass is 35.5. The van der Waals surface area contributed by atoms with Crippen molar-refractivity contribution in [2.75, 3.05) is 6.54 Å². The van der Waals surface area contributed by atoms with Crippen molar-refractivity contribution < 1.29 is 17.9 Å². The number of aliphatic imine (C=N–C) groups is 1. The Kier molecular flexibility index (Phi) is 6.77. The zero-order chi connectivity index (χ0) is 26.2. The quantitative estimate of drug-likeness (QED) is 0.254. The van der Waals surface area contributed by atoms with Crippen LogP contribution in [0.5, 0.6) is 0 Å². The Morgan fingerprint density at radius 2 is 2.00 bits per heavy atom. The number of nitrogens with zero attached hydrogens (tertiary/aromatic N) is 5. The zero-order valence-electron chi connectivity index (χ0n) is 19.8. The Balaban J connectivity index is 1.46. The second-order valence-electron chi connectivity index (χ2n) is 8.94. The molecule has 6 rings (SSSR count). The first-order valence-electron chi connectivity index (χ1n) is 11.9. The van der Waals surface area contributed by atoms with Crippen molar-refractivity contribution >= 4 is 34.3 Å². The summed E-state index contributed by atoms with van der Waals surface area (Å²) in [6, 6.07) is 13.3. The molecule has 38 heavy (non-hydrogen) atoms. The van der Waals surface area contributed by atoms with Gasteiger partial charge in [-0.15, -0.1) is 11.3 Å². The normalized spacial score (nSPS) is 19.3. The fraction of sp³-hybridized carbons (Fsp3) is 0.222. The number of fused-ring (bicyclic) bond motifs is 1. The van der Waals surface area contributed by atoms with Gasteiger partial charge >= 0.3 is 6.55 Å². The predicted molar refractivity (Wildman–Crippen MR) is 140 cm³/mol. The molecule has 4 aromatic rings. The molecule has 0 aliphatic carbocycles. The SMILES string of the molecule is Fc1ccc([C@@H]2N=C(c3nccs3)N3C[C@@H](OCc4ccccc4)CC3=C2c2cnn(C(F)F)c2)c(Cl)c1. The van der Waals surface area contributed by atoms with Crippen LogP contribution in [0.2, 0.25) is 5.02 Å². The number of rotatable bonds is 7. The molecule has 2 aliphatic rings. The van der Waals surface area contributed by atoms with Crippen LogP contribution < -0.4 is 0 Å². The van der Waals surface area contributed by atoms with Gasteiger partial charge in [0.25, 0.3) is 0 Å². The molecule has 11 heteroatoms. The minimum atomic E-state index is -2.79. The largest absolute Gasteiger partial charge is 0.371 e.